The van der Waals surface area contributed by atoms with Crippen LogP contribution >= 0.6 is 0 Å². The molecule has 9 heteroatoms. The fourth-order valence-electron chi connectivity index (χ4n) is 4.72. The number of hydrogen-bond acceptors (Lipinski definition) is 4. The fourth-order valence-corrected chi connectivity index (χ4v) is 4.72. The van der Waals surface area contributed by atoms with Crippen LogP contribution in [0, 0.1) is 18.7 Å². The van der Waals surface area contributed by atoms with Crippen molar-refractivity contribution in [2.75, 3.05) is 6.54 Å². The van der Waals surface area contributed by atoms with Crippen LogP contribution in [0.3, 0.4) is 0 Å². The SMILES string of the molecule is Cc1ccc(F)c(-c2ncccn2)c1C(=O)N1CCC[C@@H](C)[C@H]1CCc1ccc(C(F)(F)F)cn1. The van der Waals surface area contributed by atoms with Gasteiger partial charge in [-0.3, -0.25) is 9.78 Å². The largest absolute Gasteiger partial charge is 0.417 e. The Morgan fingerprint density at radius 1 is 1.11 bits per heavy atom. The highest BCUT2D eigenvalue weighted by molar-refractivity contribution is 6.02. The topological polar surface area (TPSA) is 59.0 Å². The van der Waals surface area contributed by atoms with E-state index in [0.717, 1.165) is 25.1 Å². The second kappa shape index (κ2) is 10.1. The molecule has 0 unspecified atom stereocenters. The van der Waals surface area contributed by atoms with E-state index in [1.54, 1.807) is 24.0 Å². The van der Waals surface area contributed by atoms with E-state index in [0.29, 0.717) is 30.6 Å². The van der Waals surface area contributed by atoms with Crippen LogP contribution in [0.5, 0.6) is 0 Å². The average molecular weight is 487 g/mol. The molecule has 3 aromatic rings. The number of benzene rings is 1. The average Bonchev–Trinajstić information content (AvgIpc) is 2.84. The zero-order valence-corrected chi connectivity index (χ0v) is 19.5. The highest BCUT2D eigenvalue weighted by Gasteiger charge is 2.35. The Bertz CT molecular complexity index is 1180. The van der Waals surface area contributed by atoms with Crippen LogP contribution in [-0.4, -0.2) is 38.3 Å². The van der Waals surface area contributed by atoms with Gasteiger partial charge in [-0.2, -0.15) is 13.2 Å². The molecule has 0 saturated carbocycles. The third kappa shape index (κ3) is 5.33. The number of piperidine rings is 1. The molecule has 1 fully saturated rings. The third-order valence-corrected chi connectivity index (χ3v) is 6.59. The van der Waals surface area contributed by atoms with Crippen LogP contribution in [0.15, 0.2) is 48.9 Å². The number of nitrogens with zero attached hydrogens (tertiary/aromatic N) is 4. The second-order valence-corrected chi connectivity index (χ2v) is 8.95. The van der Waals surface area contributed by atoms with Gasteiger partial charge in [0, 0.05) is 36.9 Å². The highest BCUT2D eigenvalue weighted by Crippen LogP contribution is 2.33. The summed E-state index contributed by atoms with van der Waals surface area (Å²) in [5, 5.41) is 0. The zero-order valence-electron chi connectivity index (χ0n) is 19.5. The highest BCUT2D eigenvalue weighted by atomic mass is 19.4. The molecule has 1 aliphatic rings. The number of halogens is 4. The maximum Gasteiger partial charge on any atom is 0.417 e. The lowest BCUT2D eigenvalue weighted by Crippen LogP contribution is -2.48. The number of aromatic nitrogens is 3. The molecule has 0 spiro atoms. The molecule has 1 saturated heterocycles. The van der Waals surface area contributed by atoms with Crippen LogP contribution in [-0.2, 0) is 12.6 Å². The van der Waals surface area contributed by atoms with E-state index in [1.165, 1.54) is 24.5 Å². The van der Waals surface area contributed by atoms with Crippen molar-refractivity contribution in [3.8, 4) is 11.4 Å². The molecule has 1 amide bonds. The second-order valence-electron chi connectivity index (χ2n) is 8.95. The molecule has 35 heavy (non-hydrogen) atoms. The van der Waals surface area contributed by atoms with Crippen LogP contribution in [0.1, 0.15) is 53.4 Å². The lowest BCUT2D eigenvalue weighted by Gasteiger charge is -2.40. The summed E-state index contributed by atoms with van der Waals surface area (Å²) in [6.45, 7) is 4.33. The van der Waals surface area contributed by atoms with E-state index in [-0.39, 0.29) is 34.8 Å². The Morgan fingerprint density at radius 2 is 1.86 bits per heavy atom. The van der Waals surface area contributed by atoms with Crippen molar-refractivity contribution >= 4 is 5.91 Å². The molecule has 0 bridgehead atoms. The maximum atomic E-state index is 15.0. The number of alkyl halides is 3. The van der Waals surface area contributed by atoms with E-state index in [1.807, 2.05) is 0 Å². The third-order valence-electron chi connectivity index (χ3n) is 6.59. The van der Waals surface area contributed by atoms with Crippen molar-refractivity contribution in [1.82, 2.24) is 19.9 Å². The number of carbonyl (C=O) groups is 1. The van der Waals surface area contributed by atoms with Crippen LogP contribution in [0.4, 0.5) is 17.6 Å². The van der Waals surface area contributed by atoms with Crippen molar-refractivity contribution in [1.29, 1.82) is 0 Å². The first-order valence-electron chi connectivity index (χ1n) is 11.6. The number of rotatable bonds is 5. The first kappa shape index (κ1) is 24.8. The van der Waals surface area contributed by atoms with Gasteiger partial charge in [-0.1, -0.05) is 13.0 Å². The van der Waals surface area contributed by atoms with Crippen molar-refractivity contribution in [3.05, 3.63) is 77.1 Å². The number of amides is 1. The van der Waals surface area contributed by atoms with Crippen molar-refractivity contribution in [3.63, 3.8) is 0 Å². The van der Waals surface area contributed by atoms with E-state index in [9.17, 15) is 22.4 Å². The van der Waals surface area contributed by atoms with Gasteiger partial charge >= 0.3 is 6.18 Å². The van der Waals surface area contributed by atoms with Crippen LogP contribution in [0.2, 0.25) is 0 Å². The molecular weight excluding hydrogens is 460 g/mol. The van der Waals surface area contributed by atoms with Gasteiger partial charge in [0.2, 0.25) is 0 Å². The Labute approximate surface area is 201 Å². The Hall–Kier alpha value is -3.36. The monoisotopic (exact) mass is 486 g/mol. The Morgan fingerprint density at radius 3 is 2.51 bits per heavy atom. The van der Waals surface area contributed by atoms with Gasteiger partial charge in [0.1, 0.15) is 5.82 Å². The zero-order chi connectivity index (χ0) is 25.2. The first-order valence-corrected chi connectivity index (χ1v) is 11.6. The normalized spacial score (nSPS) is 18.5. The van der Waals surface area contributed by atoms with Gasteiger partial charge in [0.05, 0.1) is 16.7 Å². The van der Waals surface area contributed by atoms with Gasteiger partial charge in [0.15, 0.2) is 5.82 Å². The molecule has 0 aliphatic carbocycles. The molecule has 184 valence electrons. The molecule has 3 heterocycles. The first-order chi connectivity index (χ1) is 16.7. The number of hydrogen-bond donors (Lipinski definition) is 0. The van der Waals surface area contributed by atoms with Crippen molar-refractivity contribution < 1.29 is 22.4 Å². The number of aryl methyl sites for hydroxylation is 2. The number of pyridine rings is 1. The lowest BCUT2D eigenvalue weighted by molar-refractivity contribution is -0.137. The Kier molecular flexibility index (Phi) is 7.14. The molecule has 5 nitrogen and oxygen atoms in total. The summed E-state index contributed by atoms with van der Waals surface area (Å²) in [6.07, 6.45) is 2.10. The van der Waals surface area contributed by atoms with Gasteiger partial charge in [0.25, 0.3) is 5.91 Å². The number of likely N-dealkylation sites (tertiary alicyclic amines) is 1. The van der Waals surface area contributed by atoms with Crippen LogP contribution in [0.25, 0.3) is 11.4 Å². The summed E-state index contributed by atoms with van der Waals surface area (Å²) in [4.78, 5) is 27.9. The minimum absolute atomic E-state index is 0.0805. The smallest absolute Gasteiger partial charge is 0.335 e. The van der Waals surface area contributed by atoms with E-state index in [2.05, 4.69) is 21.9 Å². The molecule has 0 radical (unpaired) electrons. The van der Waals surface area contributed by atoms with E-state index in [4.69, 9.17) is 0 Å². The van der Waals surface area contributed by atoms with Gasteiger partial charge in [-0.25, -0.2) is 14.4 Å². The summed E-state index contributed by atoms with van der Waals surface area (Å²) in [5.74, 6) is -0.540. The van der Waals surface area contributed by atoms with E-state index < -0.39 is 17.6 Å². The molecule has 2 aromatic heterocycles. The van der Waals surface area contributed by atoms with Crippen LogP contribution < -0.4 is 0 Å². The molecule has 2 atom stereocenters. The predicted octanol–water partition coefficient (Wildman–Crippen LogP) is 5.88. The summed E-state index contributed by atoms with van der Waals surface area (Å²) in [6, 6.07) is 6.75. The fraction of sp³-hybridized carbons (Fsp3) is 0.385. The summed E-state index contributed by atoms with van der Waals surface area (Å²) >= 11 is 0. The predicted molar refractivity (Wildman–Crippen MR) is 123 cm³/mol. The summed E-state index contributed by atoms with van der Waals surface area (Å²) in [7, 11) is 0. The molecule has 0 N–H and O–H groups in total. The minimum Gasteiger partial charge on any atom is -0.335 e. The van der Waals surface area contributed by atoms with Crippen molar-refractivity contribution in [2.24, 2.45) is 5.92 Å². The molecular formula is C26H26F4N4O. The molecule has 1 aliphatic heterocycles. The Balaban J connectivity index is 1.61. The molecule has 4 rings (SSSR count). The van der Waals surface area contributed by atoms with E-state index >= 15 is 0 Å². The van der Waals surface area contributed by atoms with Gasteiger partial charge in [-0.05, 0) is 68.4 Å². The van der Waals surface area contributed by atoms with Gasteiger partial charge < -0.3 is 4.90 Å². The summed E-state index contributed by atoms with van der Waals surface area (Å²) in [5.41, 5.74) is 0.685. The number of carbonyl (C=O) groups excluding carboxylic acids is 1. The van der Waals surface area contributed by atoms with Crippen molar-refractivity contribution in [2.45, 2.75) is 51.7 Å². The maximum absolute atomic E-state index is 15.0. The minimum atomic E-state index is -4.43. The van der Waals surface area contributed by atoms with Gasteiger partial charge in [-0.15, -0.1) is 0 Å². The summed E-state index contributed by atoms with van der Waals surface area (Å²) < 4.78 is 53.5. The molecule has 1 aromatic carbocycles. The lowest BCUT2D eigenvalue weighted by atomic mass is 9.86. The standard InChI is InChI=1S/C26H26F4N4O/c1-16-5-3-14-34(21(16)11-9-19-8-7-18(15-33-19)26(28,29)30)25(35)22-17(2)6-10-20(27)23(22)24-31-12-4-13-32-24/h4,6-8,10,12-13,15-16,21H,3,5,9,11,14H2,1-2H3/t16-,21-/m1/s1. The quantitative estimate of drug-likeness (QED) is 0.423.